The van der Waals surface area contributed by atoms with Gasteiger partial charge in [-0.15, -0.1) is 23.7 Å². The number of rotatable bonds is 7. The van der Waals surface area contributed by atoms with Crippen LogP contribution in [0.3, 0.4) is 0 Å². The molecule has 110 valence electrons. The first-order valence-electron chi connectivity index (χ1n) is 6.73. The van der Waals surface area contributed by atoms with Gasteiger partial charge in [0.15, 0.2) is 0 Å². The highest BCUT2D eigenvalue weighted by atomic mass is 35.5. The molecule has 0 fully saturated rings. The number of fused-ring (bicyclic) bond motifs is 1. The molecular weight excluding hydrogens is 292 g/mol. The number of halogens is 1. The Morgan fingerprint density at radius 1 is 1.25 bits per heavy atom. The van der Waals surface area contributed by atoms with E-state index < -0.39 is 0 Å². The largest absolute Gasteiger partial charge is 0.356 e. The minimum absolute atomic E-state index is 0. The predicted molar refractivity (Wildman–Crippen MR) is 88.7 cm³/mol. The van der Waals surface area contributed by atoms with Crippen molar-refractivity contribution in [1.82, 2.24) is 5.32 Å². The molecule has 1 aromatic heterocycles. The van der Waals surface area contributed by atoms with Crippen molar-refractivity contribution in [2.24, 2.45) is 5.73 Å². The second-order valence-corrected chi connectivity index (χ2v) is 5.51. The lowest BCUT2D eigenvalue weighted by atomic mass is 10.1. The third-order valence-electron chi connectivity index (χ3n) is 3.11. The zero-order valence-corrected chi connectivity index (χ0v) is 13.1. The van der Waals surface area contributed by atoms with Crippen LogP contribution in [0.5, 0.6) is 0 Å². The first-order chi connectivity index (χ1) is 9.31. The third-order valence-corrected chi connectivity index (χ3v) is 4.13. The van der Waals surface area contributed by atoms with Crippen LogP contribution in [0.15, 0.2) is 29.6 Å². The van der Waals surface area contributed by atoms with Gasteiger partial charge in [-0.3, -0.25) is 4.79 Å². The summed E-state index contributed by atoms with van der Waals surface area (Å²) in [5.74, 6) is 0.132. The molecule has 0 aliphatic heterocycles. The number of amides is 1. The summed E-state index contributed by atoms with van der Waals surface area (Å²) in [5.41, 5.74) is 6.74. The van der Waals surface area contributed by atoms with Crippen LogP contribution in [-0.2, 0) is 11.2 Å². The molecule has 0 saturated carbocycles. The van der Waals surface area contributed by atoms with Crippen molar-refractivity contribution >= 4 is 39.7 Å². The van der Waals surface area contributed by atoms with Crippen LogP contribution in [0.4, 0.5) is 0 Å². The van der Waals surface area contributed by atoms with Crippen LogP contribution in [0.1, 0.15) is 24.8 Å². The number of thiophene rings is 1. The van der Waals surface area contributed by atoms with Gasteiger partial charge in [0, 0.05) is 17.7 Å². The van der Waals surface area contributed by atoms with E-state index in [1.807, 2.05) is 0 Å². The summed E-state index contributed by atoms with van der Waals surface area (Å²) in [6.07, 6.45) is 3.30. The molecule has 0 saturated heterocycles. The fraction of sp³-hybridized carbons (Fsp3) is 0.400. The quantitative estimate of drug-likeness (QED) is 0.772. The molecular formula is C15H21ClN2OS. The van der Waals surface area contributed by atoms with E-state index in [4.69, 9.17) is 5.73 Å². The minimum atomic E-state index is 0. The topological polar surface area (TPSA) is 55.1 Å². The fourth-order valence-corrected chi connectivity index (χ4v) is 3.08. The lowest BCUT2D eigenvalue weighted by molar-refractivity contribution is -0.121. The van der Waals surface area contributed by atoms with Gasteiger partial charge in [-0.2, -0.15) is 0 Å². The molecule has 0 atom stereocenters. The average molecular weight is 313 g/mol. The summed E-state index contributed by atoms with van der Waals surface area (Å²) in [6, 6.07) is 8.43. The molecule has 2 rings (SSSR count). The molecule has 0 radical (unpaired) electrons. The summed E-state index contributed by atoms with van der Waals surface area (Å²) < 4.78 is 1.32. The van der Waals surface area contributed by atoms with Crippen LogP contribution in [0.25, 0.3) is 10.1 Å². The van der Waals surface area contributed by atoms with Crippen molar-refractivity contribution in [2.45, 2.75) is 25.7 Å². The first kappa shape index (κ1) is 17.0. The molecule has 0 spiro atoms. The van der Waals surface area contributed by atoms with Gasteiger partial charge in [0.25, 0.3) is 0 Å². The number of hydrogen-bond donors (Lipinski definition) is 2. The maximum absolute atomic E-state index is 11.6. The lowest BCUT2D eigenvalue weighted by Crippen LogP contribution is -2.25. The van der Waals surface area contributed by atoms with E-state index in [0.717, 1.165) is 19.3 Å². The van der Waals surface area contributed by atoms with Gasteiger partial charge in [-0.25, -0.2) is 0 Å². The van der Waals surface area contributed by atoms with Crippen molar-refractivity contribution < 1.29 is 4.79 Å². The normalized spacial score (nSPS) is 10.2. The summed E-state index contributed by atoms with van der Waals surface area (Å²) in [6.45, 7) is 1.32. The van der Waals surface area contributed by atoms with Gasteiger partial charge >= 0.3 is 0 Å². The summed E-state index contributed by atoms with van der Waals surface area (Å²) in [7, 11) is 0. The zero-order chi connectivity index (χ0) is 13.5. The molecule has 0 unspecified atom stereocenters. The van der Waals surface area contributed by atoms with Gasteiger partial charge < -0.3 is 11.1 Å². The molecule has 3 N–H and O–H groups in total. The smallest absolute Gasteiger partial charge is 0.220 e. The summed E-state index contributed by atoms with van der Waals surface area (Å²) in [4.78, 5) is 11.6. The van der Waals surface area contributed by atoms with Crippen molar-refractivity contribution in [3.8, 4) is 0 Å². The van der Waals surface area contributed by atoms with Gasteiger partial charge in [-0.05, 0) is 48.2 Å². The summed E-state index contributed by atoms with van der Waals surface area (Å²) in [5, 5.41) is 6.42. The number of carbonyl (C=O) groups is 1. The Hall–Kier alpha value is -1.10. The Labute approximate surface area is 130 Å². The molecule has 1 aromatic carbocycles. The predicted octanol–water partition coefficient (Wildman–Crippen LogP) is 3.11. The van der Waals surface area contributed by atoms with Crippen molar-refractivity contribution in [1.29, 1.82) is 0 Å². The van der Waals surface area contributed by atoms with E-state index in [0.29, 0.717) is 19.5 Å². The molecule has 2 aromatic rings. The minimum Gasteiger partial charge on any atom is -0.356 e. The average Bonchev–Trinajstić information content (AvgIpc) is 2.83. The fourth-order valence-electron chi connectivity index (χ4n) is 2.08. The van der Waals surface area contributed by atoms with Crippen LogP contribution in [0, 0.1) is 0 Å². The van der Waals surface area contributed by atoms with Crippen LogP contribution >= 0.6 is 23.7 Å². The maximum atomic E-state index is 11.6. The first-order valence-corrected chi connectivity index (χ1v) is 7.61. The number of hydrogen-bond acceptors (Lipinski definition) is 3. The van der Waals surface area contributed by atoms with Gasteiger partial charge in [-0.1, -0.05) is 18.2 Å². The van der Waals surface area contributed by atoms with E-state index in [9.17, 15) is 4.79 Å². The summed E-state index contributed by atoms with van der Waals surface area (Å²) >= 11 is 1.78. The lowest BCUT2D eigenvalue weighted by Gasteiger charge is -2.04. The number of nitrogens with one attached hydrogen (secondary N) is 1. The van der Waals surface area contributed by atoms with E-state index in [1.165, 1.54) is 15.6 Å². The molecule has 0 aliphatic rings. The number of carbonyl (C=O) groups excluding carboxylic acids is 1. The Morgan fingerprint density at radius 3 is 2.85 bits per heavy atom. The molecule has 1 heterocycles. The standard InChI is InChI=1S/C15H20N2OS.ClH/c16-9-4-10-17-15(18)8-3-5-12-11-19-14-7-2-1-6-13(12)14;/h1-2,6-7,11H,3-5,8-10,16H2,(H,17,18);1H. The van der Waals surface area contributed by atoms with Crippen LogP contribution in [-0.4, -0.2) is 19.0 Å². The monoisotopic (exact) mass is 312 g/mol. The molecule has 3 nitrogen and oxygen atoms in total. The van der Waals surface area contributed by atoms with Crippen molar-refractivity contribution in [2.75, 3.05) is 13.1 Å². The number of nitrogens with two attached hydrogens (primary N) is 1. The van der Waals surface area contributed by atoms with Gasteiger partial charge in [0.2, 0.25) is 5.91 Å². The van der Waals surface area contributed by atoms with E-state index in [1.54, 1.807) is 11.3 Å². The van der Waals surface area contributed by atoms with Crippen molar-refractivity contribution in [3.05, 3.63) is 35.2 Å². The van der Waals surface area contributed by atoms with E-state index in [-0.39, 0.29) is 18.3 Å². The number of aryl methyl sites for hydroxylation is 1. The Balaban J connectivity index is 0.00000200. The SMILES string of the molecule is Cl.NCCCNC(=O)CCCc1csc2ccccc12. The van der Waals surface area contributed by atoms with Crippen LogP contribution < -0.4 is 11.1 Å². The van der Waals surface area contributed by atoms with Gasteiger partial charge in [0.05, 0.1) is 0 Å². The second kappa shape index (κ2) is 8.95. The van der Waals surface area contributed by atoms with Crippen molar-refractivity contribution in [3.63, 3.8) is 0 Å². The molecule has 1 amide bonds. The molecule has 5 heteroatoms. The van der Waals surface area contributed by atoms with Crippen LogP contribution in [0.2, 0.25) is 0 Å². The van der Waals surface area contributed by atoms with E-state index >= 15 is 0 Å². The Morgan fingerprint density at radius 2 is 2.05 bits per heavy atom. The van der Waals surface area contributed by atoms with Gasteiger partial charge in [0.1, 0.15) is 0 Å². The molecule has 20 heavy (non-hydrogen) atoms. The Kier molecular flexibility index (Phi) is 7.59. The zero-order valence-electron chi connectivity index (χ0n) is 11.4. The number of benzene rings is 1. The highest BCUT2D eigenvalue weighted by molar-refractivity contribution is 7.17. The third kappa shape index (κ3) is 4.78. The highest BCUT2D eigenvalue weighted by Gasteiger charge is 2.05. The Bertz CT molecular complexity index is 541. The molecule has 0 aliphatic carbocycles. The highest BCUT2D eigenvalue weighted by Crippen LogP contribution is 2.26. The molecule has 0 bridgehead atoms. The van der Waals surface area contributed by atoms with E-state index in [2.05, 4.69) is 35.0 Å². The second-order valence-electron chi connectivity index (χ2n) is 4.60. The maximum Gasteiger partial charge on any atom is 0.220 e.